The van der Waals surface area contributed by atoms with Crippen LogP contribution in [-0.2, 0) is 0 Å². The molecule has 0 spiro atoms. The van der Waals surface area contributed by atoms with Gasteiger partial charge in [0.15, 0.2) is 11.6 Å². The lowest BCUT2D eigenvalue weighted by Crippen LogP contribution is -2.28. The van der Waals surface area contributed by atoms with E-state index in [1.165, 1.54) is 12.4 Å². The molecule has 2 heterocycles. The highest BCUT2D eigenvalue weighted by Gasteiger charge is 2.22. The van der Waals surface area contributed by atoms with Crippen LogP contribution in [0.5, 0.6) is 5.75 Å². The van der Waals surface area contributed by atoms with Crippen LogP contribution in [-0.4, -0.2) is 47.7 Å². The topological polar surface area (TPSA) is 63.4 Å². The van der Waals surface area contributed by atoms with Gasteiger partial charge < -0.3 is 19.4 Å². The van der Waals surface area contributed by atoms with Crippen LogP contribution in [0.25, 0.3) is 33.6 Å². The van der Waals surface area contributed by atoms with E-state index in [0.29, 0.717) is 29.5 Å². The van der Waals surface area contributed by atoms with Crippen molar-refractivity contribution in [3.05, 3.63) is 60.7 Å². The summed E-state index contributed by atoms with van der Waals surface area (Å²) < 4.78 is 26.9. The maximum absolute atomic E-state index is 15.0. The van der Waals surface area contributed by atoms with Crippen LogP contribution in [0.2, 0.25) is 0 Å². The number of nitrogens with one attached hydrogen (secondary N) is 1. The maximum atomic E-state index is 15.0. The van der Waals surface area contributed by atoms with Gasteiger partial charge in [-0.1, -0.05) is 51.1 Å². The van der Waals surface area contributed by atoms with Gasteiger partial charge in [0.1, 0.15) is 24.5 Å². The first-order valence-electron chi connectivity index (χ1n) is 11.9. The van der Waals surface area contributed by atoms with Crippen molar-refractivity contribution in [2.75, 3.05) is 38.1 Å². The van der Waals surface area contributed by atoms with E-state index in [1.807, 2.05) is 36.4 Å². The molecule has 0 radical (unpaired) electrons. The minimum Gasteiger partial charge on any atom is -0.489 e. The summed E-state index contributed by atoms with van der Waals surface area (Å²) in [5.41, 5.74) is 2.87. The average Bonchev–Trinajstić information content (AvgIpc) is 3.27. The van der Waals surface area contributed by atoms with E-state index in [0.717, 1.165) is 49.1 Å². The lowest BCUT2D eigenvalue weighted by molar-refractivity contribution is 0.217. The molecule has 2 aromatic heterocycles. The fourth-order valence-corrected chi connectivity index (χ4v) is 3.98. The third-order valence-corrected chi connectivity index (χ3v) is 5.85. The first-order chi connectivity index (χ1) is 16.7. The molecular weight excluding hydrogens is 431 g/mol. The lowest BCUT2D eigenvalue weighted by atomic mass is 9.99. The zero-order valence-electron chi connectivity index (χ0n) is 20.0. The van der Waals surface area contributed by atoms with Gasteiger partial charge in [-0.25, -0.2) is 14.4 Å². The molecule has 0 aliphatic heterocycles. The molecule has 6 nitrogen and oxygen atoms in total. The molecule has 0 aliphatic rings. The first-order valence-corrected chi connectivity index (χ1v) is 11.9. The second kappa shape index (κ2) is 11.1. The smallest absolute Gasteiger partial charge is 0.232 e. The molecule has 7 heteroatoms. The molecule has 0 aliphatic carbocycles. The fraction of sp³-hybridized carbons (Fsp3) is 0.333. The van der Waals surface area contributed by atoms with Crippen molar-refractivity contribution in [1.82, 2.24) is 14.9 Å². The monoisotopic (exact) mass is 462 g/mol. The lowest BCUT2D eigenvalue weighted by Gasteiger charge is -2.18. The number of hydrogen-bond donors (Lipinski definition) is 1. The zero-order chi connectivity index (χ0) is 23.9. The third kappa shape index (κ3) is 5.04. The van der Waals surface area contributed by atoms with Gasteiger partial charge in [-0.15, -0.1) is 0 Å². The molecule has 0 bridgehead atoms. The molecule has 0 atom stereocenters. The van der Waals surface area contributed by atoms with E-state index in [1.54, 1.807) is 6.07 Å². The SMILES string of the molecule is CCCNc1ncnc2oc(-c3ccc(OCCN(CC)CC)c(F)c3)c(-c3ccccc3)c12. The highest BCUT2D eigenvalue weighted by molar-refractivity contribution is 6.05. The number of nitrogens with zero attached hydrogens (tertiary/aromatic N) is 3. The highest BCUT2D eigenvalue weighted by atomic mass is 19.1. The van der Waals surface area contributed by atoms with Gasteiger partial charge in [0.2, 0.25) is 5.71 Å². The third-order valence-electron chi connectivity index (χ3n) is 5.85. The van der Waals surface area contributed by atoms with Crippen molar-refractivity contribution in [2.45, 2.75) is 27.2 Å². The number of halogens is 1. The summed E-state index contributed by atoms with van der Waals surface area (Å²) in [4.78, 5) is 11.0. The Morgan fingerprint density at radius 2 is 1.79 bits per heavy atom. The maximum Gasteiger partial charge on any atom is 0.232 e. The van der Waals surface area contributed by atoms with E-state index < -0.39 is 5.82 Å². The van der Waals surface area contributed by atoms with Crippen LogP contribution in [0, 0.1) is 5.82 Å². The molecule has 0 amide bonds. The number of hydrogen-bond acceptors (Lipinski definition) is 6. The minimum atomic E-state index is -0.424. The van der Waals surface area contributed by atoms with Gasteiger partial charge in [-0.2, -0.15) is 0 Å². The molecule has 0 fully saturated rings. The van der Waals surface area contributed by atoms with Crippen LogP contribution >= 0.6 is 0 Å². The summed E-state index contributed by atoms with van der Waals surface area (Å²) in [5.74, 6) is 1.07. The molecule has 178 valence electrons. The summed E-state index contributed by atoms with van der Waals surface area (Å²) >= 11 is 0. The number of benzene rings is 2. The number of likely N-dealkylation sites (N-methyl/N-ethyl adjacent to an activating group) is 1. The molecule has 1 N–H and O–H groups in total. The van der Waals surface area contributed by atoms with E-state index >= 15 is 4.39 Å². The quantitative estimate of drug-likeness (QED) is 0.285. The van der Waals surface area contributed by atoms with Crippen molar-refractivity contribution in [3.8, 4) is 28.2 Å². The van der Waals surface area contributed by atoms with Gasteiger partial charge in [0.25, 0.3) is 0 Å². The summed E-state index contributed by atoms with van der Waals surface area (Å²) in [7, 11) is 0. The highest BCUT2D eigenvalue weighted by Crippen LogP contribution is 2.43. The summed E-state index contributed by atoms with van der Waals surface area (Å²) in [5, 5.41) is 4.15. The normalized spacial score (nSPS) is 11.3. The predicted octanol–water partition coefficient (Wildman–Crippen LogP) is 6.24. The predicted molar refractivity (Wildman–Crippen MR) is 135 cm³/mol. The molecule has 4 aromatic rings. The number of ether oxygens (including phenoxy) is 1. The molecule has 0 unspecified atom stereocenters. The Morgan fingerprint density at radius 1 is 1.00 bits per heavy atom. The Labute approximate surface area is 199 Å². The van der Waals surface area contributed by atoms with Crippen molar-refractivity contribution in [3.63, 3.8) is 0 Å². The largest absolute Gasteiger partial charge is 0.489 e. The van der Waals surface area contributed by atoms with Crippen LogP contribution in [0.4, 0.5) is 10.2 Å². The zero-order valence-corrected chi connectivity index (χ0v) is 20.0. The number of aromatic nitrogens is 2. The Hall–Kier alpha value is -3.45. The number of rotatable bonds is 11. The minimum absolute atomic E-state index is 0.235. The fourth-order valence-electron chi connectivity index (χ4n) is 3.98. The standard InChI is InChI=1S/C27H31FN4O2/c1-4-14-29-26-24-23(19-10-8-7-9-11-19)25(34-27(24)31-18-30-26)20-12-13-22(21(28)17-20)33-16-15-32(5-2)6-3/h7-13,17-18H,4-6,14-16H2,1-3H3,(H,29,30,31). The Kier molecular flexibility index (Phi) is 7.75. The first kappa shape index (κ1) is 23.7. The molecule has 2 aromatic carbocycles. The molecule has 0 saturated carbocycles. The van der Waals surface area contributed by atoms with Gasteiger partial charge >= 0.3 is 0 Å². The Bertz CT molecular complexity index is 1220. The van der Waals surface area contributed by atoms with Crippen LogP contribution in [0.15, 0.2) is 59.3 Å². The molecule has 0 saturated heterocycles. The van der Waals surface area contributed by atoms with Crippen LogP contribution in [0.1, 0.15) is 27.2 Å². The second-order valence-corrected chi connectivity index (χ2v) is 8.02. The number of fused-ring (bicyclic) bond motifs is 1. The number of furan rings is 1. The van der Waals surface area contributed by atoms with Gasteiger partial charge in [0, 0.05) is 24.2 Å². The van der Waals surface area contributed by atoms with Gasteiger partial charge in [-0.3, -0.25) is 0 Å². The average molecular weight is 463 g/mol. The second-order valence-electron chi connectivity index (χ2n) is 8.02. The number of anilines is 1. The van der Waals surface area contributed by atoms with Gasteiger partial charge in [0.05, 0.1) is 5.39 Å². The van der Waals surface area contributed by atoms with Crippen LogP contribution < -0.4 is 10.1 Å². The van der Waals surface area contributed by atoms with E-state index in [9.17, 15) is 0 Å². The molecule has 34 heavy (non-hydrogen) atoms. The Balaban J connectivity index is 1.73. The van der Waals surface area contributed by atoms with Crippen LogP contribution in [0.3, 0.4) is 0 Å². The molecular formula is C27H31FN4O2. The Morgan fingerprint density at radius 3 is 2.50 bits per heavy atom. The van der Waals surface area contributed by atoms with Crippen molar-refractivity contribution >= 4 is 16.9 Å². The van der Waals surface area contributed by atoms with E-state index in [-0.39, 0.29) is 5.75 Å². The van der Waals surface area contributed by atoms with Crippen molar-refractivity contribution in [1.29, 1.82) is 0 Å². The summed E-state index contributed by atoms with van der Waals surface area (Å²) in [6.45, 7) is 10.1. The van der Waals surface area contributed by atoms with E-state index in [2.05, 4.69) is 41.0 Å². The van der Waals surface area contributed by atoms with Gasteiger partial charge in [-0.05, 0) is 43.3 Å². The summed E-state index contributed by atoms with van der Waals surface area (Å²) in [6.07, 6.45) is 2.44. The summed E-state index contributed by atoms with van der Waals surface area (Å²) in [6, 6.07) is 14.9. The van der Waals surface area contributed by atoms with E-state index in [4.69, 9.17) is 9.15 Å². The van der Waals surface area contributed by atoms with Crippen molar-refractivity contribution in [2.24, 2.45) is 0 Å². The molecule has 4 rings (SSSR count). The van der Waals surface area contributed by atoms with Crippen molar-refractivity contribution < 1.29 is 13.5 Å².